The van der Waals surface area contributed by atoms with Gasteiger partial charge in [-0.15, -0.1) is 0 Å². The number of hydrogen-bond donors (Lipinski definition) is 1. The van der Waals surface area contributed by atoms with Gasteiger partial charge in [0.1, 0.15) is 5.75 Å². The minimum atomic E-state index is -0.728. The number of halogens is 1. The van der Waals surface area contributed by atoms with Crippen molar-refractivity contribution in [2.24, 2.45) is 5.92 Å². The maximum absolute atomic E-state index is 13.4. The van der Waals surface area contributed by atoms with Crippen LogP contribution in [-0.2, 0) is 14.3 Å². The van der Waals surface area contributed by atoms with Gasteiger partial charge in [-0.3, -0.25) is 4.79 Å². The van der Waals surface area contributed by atoms with E-state index in [0.29, 0.717) is 17.4 Å². The van der Waals surface area contributed by atoms with Gasteiger partial charge in [-0.2, -0.15) is 0 Å². The summed E-state index contributed by atoms with van der Waals surface area (Å²) in [6.45, 7) is 3.51. The Morgan fingerprint density at radius 2 is 1.77 bits per heavy atom. The predicted octanol–water partition coefficient (Wildman–Crippen LogP) is 5.61. The molecule has 30 heavy (non-hydrogen) atoms. The molecule has 0 aromatic heterocycles. The zero-order valence-corrected chi connectivity index (χ0v) is 19.2. The van der Waals surface area contributed by atoms with Crippen LogP contribution in [0.2, 0.25) is 0 Å². The standard InChI is InChI=1S/C24H28BrNO4/c1-15-20(9-6-10-21(15)30-16(2)24(28)29-3)26-23(27)22(17-7-4-5-8-17)18-11-13-19(25)14-12-18/h6,9-14,16-17,22H,4-5,7-8H2,1-3H3,(H,26,27)/t16-,22+/m1/s1. The van der Waals surface area contributed by atoms with Gasteiger partial charge in [0.05, 0.1) is 13.0 Å². The Kier molecular flexibility index (Phi) is 7.53. The molecule has 1 saturated carbocycles. The molecule has 5 nitrogen and oxygen atoms in total. The lowest BCUT2D eigenvalue weighted by atomic mass is 9.84. The Bertz CT molecular complexity index is 891. The van der Waals surface area contributed by atoms with Crippen LogP contribution in [0.25, 0.3) is 0 Å². The molecule has 2 aromatic rings. The highest BCUT2D eigenvalue weighted by Crippen LogP contribution is 2.39. The molecule has 0 heterocycles. The molecule has 0 unspecified atom stereocenters. The van der Waals surface area contributed by atoms with Gasteiger partial charge < -0.3 is 14.8 Å². The van der Waals surface area contributed by atoms with Gasteiger partial charge in [-0.25, -0.2) is 4.79 Å². The van der Waals surface area contributed by atoms with Gasteiger partial charge in [0.15, 0.2) is 6.10 Å². The second-order valence-electron chi connectivity index (χ2n) is 7.77. The lowest BCUT2D eigenvalue weighted by Gasteiger charge is -2.24. The van der Waals surface area contributed by atoms with E-state index in [4.69, 9.17) is 9.47 Å². The van der Waals surface area contributed by atoms with E-state index in [9.17, 15) is 9.59 Å². The van der Waals surface area contributed by atoms with Gasteiger partial charge >= 0.3 is 5.97 Å². The van der Waals surface area contributed by atoms with Crippen LogP contribution in [0.3, 0.4) is 0 Å². The third-order valence-corrected chi connectivity index (χ3v) is 6.29. The summed E-state index contributed by atoms with van der Waals surface area (Å²) in [6, 6.07) is 13.5. The van der Waals surface area contributed by atoms with Crippen LogP contribution in [0, 0.1) is 12.8 Å². The van der Waals surface area contributed by atoms with Crippen molar-refractivity contribution in [1.82, 2.24) is 0 Å². The lowest BCUT2D eigenvalue weighted by molar-refractivity contribution is -0.147. The first-order valence-corrected chi connectivity index (χ1v) is 11.1. The molecule has 1 fully saturated rings. The number of nitrogens with one attached hydrogen (secondary N) is 1. The normalized spacial score (nSPS) is 16.0. The highest BCUT2D eigenvalue weighted by atomic mass is 79.9. The van der Waals surface area contributed by atoms with Crippen molar-refractivity contribution in [3.8, 4) is 5.75 Å². The van der Waals surface area contributed by atoms with Crippen LogP contribution < -0.4 is 10.1 Å². The number of rotatable bonds is 7. The van der Waals surface area contributed by atoms with Crippen LogP contribution in [0.5, 0.6) is 5.75 Å². The third kappa shape index (κ3) is 5.22. The van der Waals surface area contributed by atoms with Gasteiger partial charge in [0.2, 0.25) is 5.91 Å². The first-order valence-electron chi connectivity index (χ1n) is 10.3. The Morgan fingerprint density at radius 1 is 1.10 bits per heavy atom. The molecule has 0 saturated heterocycles. The van der Waals surface area contributed by atoms with Crippen LogP contribution in [0.4, 0.5) is 5.69 Å². The van der Waals surface area contributed by atoms with Crippen molar-refractivity contribution >= 4 is 33.5 Å². The largest absolute Gasteiger partial charge is 0.479 e. The number of carbonyl (C=O) groups excluding carboxylic acids is 2. The van der Waals surface area contributed by atoms with E-state index < -0.39 is 12.1 Å². The number of esters is 1. The smallest absolute Gasteiger partial charge is 0.346 e. The van der Waals surface area contributed by atoms with Crippen molar-refractivity contribution < 1.29 is 19.1 Å². The molecule has 1 aliphatic carbocycles. The Morgan fingerprint density at radius 3 is 2.40 bits per heavy atom. The fourth-order valence-electron chi connectivity index (χ4n) is 4.09. The summed E-state index contributed by atoms with van der Waals surface area (Å²) >= 11 is 3.47. The summed E-state index contributed by atoms with van der Waals surface area (Å²) in [6.07, 6.45) is 3.73. The van der Waals surface area contributed by atoms with E-state index >= 15 is 0 Å². The fourth-order valence-corrected chi connectivity index (χ4v) is 4.36. The Labute approximate surface area is 186 Å². The molecule has 3 rings (SSSR count). The summed E-state index contributed by atoms with van der Waals surface area (Å²) < 4.78 is 11.5. The second kappa shape index (κ2) is 10.1. The molecule has 0 bridgehead atoms. The molecule has 2 aromatic carbocycles. The molecule has 0 spiro atoms. The van der Waals surface area contributed by atoms with Crippen molar-refractivity contribution in [2.45, 2.75) is 51.6 Å². The minimum absolute atomic E-state index is 0.00881. The summed E-state index contributed by atoms with van der Waals surface area (Å²) in [5.74, 6) is 0.237. The molecule has 160 valence electrons. The average Bonchev–Trinajstić information content (AvgIpc) is 3.26. The van der Waals surface area contributed by atoms with Crippen LogP contribution in [0.15, 0.2) is 46.9 Å². The quantitative estimate of drug-likeness (QED) is 0.530. The molecule has 0 aliphatic heterocycles. The second-order valence-corrected chi connectivity index (χ2v) is 8.69. The molecular weight excluding hydrogens is 446 g/mol. The Hall–Kier alpha value is -2.34. The molecule has 1 N–H and O–H groups in total. The number of benzene rings is 2. The monoisotopic (exact) mass is 473 g/mol. The summed E-state index contributed by atoms with van der Waals surface area (Å²) in [4.78, 5) is 25.1. The molecule has 1 amide bonds. The van der Waals surface area contributed by atoms with Crippen molar-refractivity contribution in [1.29, 1.82) is 0 Å². The topological polar surface area (TPSA) is 64.6 Å². The van der Waals surface area contributed by atoms with Crippen LogP contribution >= 0.6 is 15.9 Å². The van der Waals surface area contributed by atoms with Crippen LogP contribution in [-0.4, -0.2) is 25.1 Å². The van der Waals surface area contributed by atoms with Gasteiger partial charge in [0.25, 0.3) is 0 Å². The maximum Gasteiger partial charge on any atom is 0.346 e. The first kappa shape index (κ1) is 22.3. The Balaban J connectivity index is 1.82. The van der Waals surface area contributed by atoms with Crippen LogP contribution in [0.1, 0.15) is 49.7 Å². The third-order valence-electron chi connectivity index (χ3n) is 5.76. The summed E-state index contributed by atoms with van der Waals surface area (Å²) in [5, 5.41) is 3.11. The molecule has 0 radical (unpaired) electrons. The predicted molar refractivity (Wildman–Crippen MR) is 121 cm³/mol. The van der Waals surface area contributed by atoms with Gasteiger partial charge in [-0.1, -0.05) is 47.0 Å². The molecular formula is C24H28BrNO4. The highest BCUT2D eigenvalue weighted by Gasteiger charge is 2.32. The summed E-state index contributed by atoms with van der Waals surface area (Å²) in [5.41, 5.74) is 2.50. The number of carbonyl (C=O) groups is 2. The first-order chi connectivity index (χ1) is 14.4. The van der Waals surface area contributed by atoms with E-state index in [1.165, 1.54) is 20.0 Å². The number of amides is 1. The van der Waals surface area contributed by atoms with E-state index in [1.54, 1.807) is 13.0 Å². The van der Waals surface area contributed by atoms with E-state index in [2.05, 4.69) is 21.2 Å². The van der Waals surface area contributed by atoms with Crippen molar-refractivity contribution in [3.05, 3.63) is 58.1 Å². The zero-order chi connectivity index (χ0) is 21.7. The highest BCUT2D eigenvalue weighted by molar-refractivity contribution is 9.10. The molecule has 1 aliphatic rings. The van der Waals surface area contributed by atoms with Crippen molar-refractivity contribution in [3.63, 3.8) is 0 Å². The number of methoxy groups -OCH3 is 1. The maximum atomic E-state index is 13.4. The van der Waals surface area contributed by atoms with E-state index in [-0.39, 0.29) is 11.8 Å². The fraction of sp³-hybridized carbons (Fsp3) is 0.417. The number of anilines is 1. The van der Waals surface area contributed by atoms with Gasteiger partial charge in [0, 0.05) is 15.7 Å². The lowest BCUT2D eigenvalue weighted by Crippen LogP contribution is -2.27. The summed E-state index contributed by atoms with van der Waals surface area (Å²) in [7, 11) is 1.33. The van der Waals surface area contributed by atoms with E-state index in [0.717, 1.165) is 28.4 Å². The number of hydrogen-bond acceptors (Lipinski definition) is 4. The molecule has 2 atom stereocenters. The molecule has 6 heteroatoms. The SMILES string of the molecule is COC(=O)[C@@H](C)Oc1cccc(NC(=O)[C@H](c2ccc(Br)cc2)C2CCCC2)c1C. The van der Waals surface area contributed by atoms with E-state index in [1.807, 2.05) is 43.3 Å². The van der Waals surface area contributed by atoms with Crippen molar-refractivity contribution in [2.75, 3.05) is 12.4 Å². The minimum Gasteiger partial charge on any atom is -0.479 e. The average molecular weight is 474 g/mol. The zero-order valence-electron chi connectivity index (χ0n) is 17.6. The number of ether oxygens (including phenoxy) is 2. The van der Waals surface area contributed by atoms with Gasteiger partial charge in [-0.05, 0) is 62.4 Å².